The average molecular weight is 281 g/mol. The number of rotatable bonds is 4. The summed E-state index contributed by atoms with van der Waals surface area (Å²) in [6.45, 7) is 0. The molecule has 4 nitrogen and oxygen atoms in total. The van der Waals surface area contributed by atoms with E-state index in [1.807, 2.05) is 0 Å². The summed E-state index contributed by atoms with van der Waals surface area (Å²) in [6, 6.07) is 7.25. The third-order valence-corrected chi connectivity index (χ3v) is 2.51. The van der Waals surface area contributed by atoms with Gasteiger partial charge in [-0.2, -0.15) is 0 Å². The van der Waals surface area contributed by atoms with E-state index < -0.39 is 11.7 Å². The standard InChI is InChI=1S/C13H10ClFN2O2/c14-12-7-9(3-4-17-12)19-11-2-1-8(5-10(11)15)6-13(16)18/h1-5,7H,6H2,(H2,16,18). The molecule has 2 rings (SSSR count). The number of nitrogens with two attached hydrogens (primary N) is 1. The molecule has 0 atom stereocenters. The zero-order valence-corrected chi connectivity index (χ0v) is 10.5. The summed E-state index contributed by atoms with van der Waals surface area (Å²) in [5.41, 5.74) is 5.53. The Labute approximate surface area is 114 Å². The molecule has 1 aromatic carbocycles. The highest BCUT2D eigenvalue weighted by Crippen LogP contribution is 2.26. The average Bonchev–Trinajstić information content (AvgIpc) is 2.32. The second-order valence-electron chi connectivity index (χ2n) is 3.82. The minimum Gasteiger partial charge on any atom is -0.454 e. The van der Waals surface area contributed by atoms with Gasteiger partial charge in [0.05, 0.1) is 6.42 Å². The van der Waals surface area contributed by atoms with Crippen molar-refractivity contribution in [1.82, 2.24) is 4.98 Å². The molecule has 0 aliphatic carbocycles. The SMILES string of the molecule is NC(=O)Cc1ccc(Oc2ccnc(Cl)c2)c(F)c1. The van der Waals surface area contributed by atoms with Gasteiger partial charge in [0.15, 0.2) is 11.6 Å². The Bertz CT molecular complexity index is 619. The van der Waals surface area contributed by atoms with Crippen molar-refractivity contribution >= 4 is 17.5 Å². The van der Waals surface area contributed by atoms with Crippen LogP contribution in [0.4, 0.5) is 4.39 Å². The molecule has 0 bridgehead atoms. The number of hydrogen-bond donors (Lipinski definition) is 1. The fourth-order valence-electron chi connectivity index (χ4n) is 1.51. The summed E-state index contributed by atoms with van der Waals surface area (Å²) in [7, 11) is 0. The first kappa shape index (κ1) is 13.3. The zero-order chi connectivity index (χ0) is 13.8. The molecule has 0 saturated carbocycles. The lowest BCUT2D eigenvalue weighted by atomic mass is 10.1. The van der Waals surface area contributed by atoms with E-state index in [1.54, 1.807) is 12.1 Å². The van der Waals surface area contributed by atoms with Crippen LogP contribution < -0.4 is 10.5 Å². The van der Waals surface area contributed by atoms with E-state index >= 15 is 0 Å². The topological polar surface area (TPSA) is 65.2 Å². The molecule has 1 aromatic heterocycles. The van der Waals surface area contributed by atoms with Gasteiger partial charge in [-0.15, -0.1) is 0 Å². The van der Waals surface area contributed by atoms with E-state index in [4.69, 9.17) is 22.1 Å². The monoisotopic (exact) mass is 280 g/mol. The smallest absolute Gasteiger partial charge is 0.221 e. The number of nitrogens with zero attached hydrogens (tertiary/aromatic N) is 1. The van der Waals surface area contributed by atoms with Crippen molar-refractivity contribution in [1.29, 1.82) is 0 Å². The van der Waals surface area contributed by atoms with E-state index in [-0.39, 0.29) is 17.3 Å². The van der Waals surface area contributed by atoms with Gasteiger partial charge in [0.2, 0.25) is 5.91 Å². The highest BCUT2D eigenvalue weighted by atomic mass is 35.5. The molecule has 1 amide bonds. The van der Waals surface area contributed by atoms with Gasteiger partial charge in [0, 0.05) is 12.3 Å². The van der Waals surface area contributed by atoms with Crippen LogP contribution in [0.3, 0.4) is 0 Å². The molecule has 19 heavy (non-hydrogen) atoms. The molecule has 0 spiro atoms. The van der Waals surface area contributed by atoms with Crippen molar-refractivity contribution in [2.24, 2.45) is 5.73 Å². The second-order valence-corrected chi connectivity index (χ2v) is 4.21. The molecule has 2 N–H and O–H groups in total. The molecule has 0 radical (unpaired) electrons. The van der Waals surface area contributed by atoms with Gasteiger partial charge >= 0.3 is 0 Å². The molecular formula is C13H10ClFN2O2. The summed E-state index contributed by atoms with van der Waals surface area (Å²) >= 11 is 5.70. The predicted octanol–water partition coefficient (Wildman–Crippen LogP) is 2.69. The number of aromatic nitrogens is 1. The fourth-order valence-corrected chi connectivity index (χ4v) is 1.68. The molecule has 0 saturated heterocycles. The van der Waals surface area contributed by atoms with Crippen LogP contribution in [0.25, 0.3) is 0 Å². The first-order valence-electron chi connectivity index (χ1n) is 5.41. The molecule has 6 heteroatoms. The minimum absolute atomic E-state index is 0.0156. The number of hydrogen-bond acceptors (Lipinski definition) is 3. The number of halogens is 2. The first-order chi connectivity index (χ1) is 9.04. The van der Waals surface area contributed by atoms with E-state index in [1.165, 1.54) is 24.4 Å². The molecule has 0 aliphatic heterocycles. The number of primary amides is 1. The lowest BCUT2D eigenvalue weighted by molar-refractivity contribution is -0.117. The van der Waals surface area contributed by atoms with Crippen LogP contribution in [-0.4, -0.2) is 10.9 Å². The fraction of sp³-hybridized carbons (Fsp3) is 0.0769. The van der Waals surface area contributed by atoms with Crippen molar-refractivity contribution in [3.05, 3.63) is 53.1 Å². The maximum atomic E-state index is 13.8. The van der Waals surface area contributed by atoms with Gasteiger partial charge in [-0.1, -0.05) is 17.7 Å². The van der Waals surface area contributed by atoms with Gasteiger partial charge in [-0.3, -0.25) is 4.79 Å². The van der Waals surface area contributed by atoms with Crippen molar-refractivity contribution < 1.29 is 13.9 Å². The summed E-state index contributed by atoms with van der Waals surface area (Å²) in [5.74, 6) is -0.683. The van der Waals surface area contributed by atoms with E-state index in [0.717, 1.165) is 0 Å². The molecule has 2 aromatic rings. The third-order valence-electron chi connectivity index (χ3n) is 2.30. The Morgan fingerprint density at radius 2 is 2.16 bits per heavy atom. The van der Waals surface area contributed by atoms with Crippen LogP contribution in [0.15, 0.2) is 36.5 Å². The number of amides is 1. The van der Waals surface area contributed by atoms with Crippen LogP contribution in [0.5, 0.6) is 11.5 Å². The highest BCUT2D eigenvalue weighted by Gasteiger charge is 2.08. The number of carbonyl (C=O) groups excluding carboxylic acids is 1. The van der Waals surface area contributed by atoms with Crippen LogP contribution >= 0.6 is 11.6 Å². The van der Waals surface area contributed by atoms with Crippen molar-refractivity contribution in [2.45, 2.75) is 6.42 Å². The van der Waals surface area contributed by atoms with E-state index in [2.05, 4.69) is 4.98 Å². The van der Waals surface area contributed by atoms with Crippen molar-refractivity contribution in [3.8, 4) is 11.5 Å². The summed E-state index contributed by atoms with van der Waals surface area (Å²) in [6.07, 6.45) is 1.44. The second kappa shape index (κ2) is 5.67. The van der Waals surface area contributed by atoms with Crippen molar-refractivity contribution in [3.63, 3.8) is 0 Å². The maximum Gasteiger partial charge on any atom is 0.221 e. The summed E-state index contributed by atoms with van der Waals surface area (Å²) in [5, 5.41) is 0.253. The highest BCUT2D eigenvalue weighted by molar-refractivity contribution is 6.29. The van der Waals surface area contributed by atoms with E-state index in [0.29, 0.717) is 11.3 Å². The van der Waals surface area contributed by atoms with Gasteiger partial charge in [0.1, 0.15) is 10.9 Å². The van der Waals surface area contributed by atoms with Crippen LogP contribution in [-0.2, 0) is 11.2 Å². The van der Waals surface area contributed by atoms with Crippen LogP contribution in [0, 0.1) is 5.82 Å². The predicted molar refractivity (Wildman–Crippen MR) is 68.6 cm³/mol. The van der Waals surface area contributed by atoms with Crippen LogP contribution in [0.1, 0.15) is 5.56 Å². The number of carbonyl (C=O) groups is 1. The lowest BCUT2D eigenvalue weighted by Gasteiger charge is -2.07. The first-order valence-corrected chi connectivity index (χ1v) is 5.78. The quantitative estimate of drug-likeness (QED) is 0.876. The normalized spacial score (nSPS) is 10.2. The Morgan fingerprint density at radius 1 is 1.37 bits per heavy atom. The molecule has 0 aliphatic rings. The van der Waals surface area contributed by atoms with Crippen molar-refractivity contribution in [2.75, 3.05) is 0 Å². The van der Waals surface area contributed by atoms with Gasteiger partial charge in [-0.05, 0) is 23.8 Å². The zero-order valence-electron chi connectivity index (χ0n) is 9.77. The van der Waals surface area contributed by atoms with E-state index in [9.17, 15) is 9.18 Å². The largest absolute Gasteiger partial charge is 0.454 e. The number of ether oxygens (including phenoxy) is 1. The Balaban J connectivity index is 2.19. The molecular weight excluding hydrogens is 271 g/mol. The molecule has 0 fully saturated rings. The van der Waals surface area contributed by atoms with Crippen LogP contribution in [0.2, 0.25) is 5.15 Å². The third kappa shape index (κ3) is 3.66. The van der Waals surface area contributed by atoms with Gasteiger partial charge in [0.25, 0.3) is 0 Å². The number of benzene rings is 1. The summed E-state index contributed by atoms with van der Waals surface area (Å²) in [4.78, 5) is 14.5. The summed E-state index contributed by atoms with van der Waals surface area (Å²) < 4.78 is 19.1. The molecule has 0 unspecified atom stereocenters. The Morgan fingerprint density at radius 3 is 2.79 bits per heavy atom. The lowest BCUT2D eigenvalue weighted by Crippen LogP contribution is -2.13. The maximum absolute atomic E-state index is 13.8. The van der Waals surface area contributed by atoms with Gasteiger partial charge < -0.3 is 10.5 Å². The molecule has 98 valence electrons. The molecule has 1 heterocycles. The Hall–Kier alpha value is -2.14. The van der Waals surface area contributed by atoms with Gasteiger partial charge in [-0.25, -0.2) is 9.37 Å². The number of pyridine rings is 1. The minimum atomic E-state index is -0.577. The Kier molecular flexibility index (Phi) is 3.97.